The van der Waals surface area contributed by atoms with Crippen LogP contribution < -0.4 is 0 Å². The van der Waals surface area contributed by atoms with Gasteiger partial charge in [0.05, 0.1) is 5.88 Å². The van der Waals surface area contributed by atoms with Crippen LogP contribution in [-0.2, 0) is 4.79 Å². The van der Waals surface area contributed by atoms with E-state index >= 15 is 0 Å². The lowest BCUT2D eigenvalue weighted by Crippen LogP contribution is -2.08. The monoisotopic (exact) mass is 200 g/mol. The van der Waals surface area contributed by atoms with E-state index in [1.807, 2.05) is 6.92 Å². The molecule has 1 nitrogen and oxygen atoms in total. The zero-order valence-corrected chi connectivity index (χ0v) is 8.01. The number of rotatable bonds is 3. The summed E-state index contributed by atoms with van der Waals surface area (Å²) in [5.41, 5.74) is 1.41. The van der Waals surface area contributed by atoms with E-state index in [0.29, 0.717) is 5.56 Å². The zero-order chi connectivity index (χ0) is 9.84. The number of ketones is 1. The Morgan fingerprint density at radius 3 is 2.46 bits per heavy atom. The molecule has 0 heterocycles. The maximum absolute atomic E-state index is 13.2. The molecular weight excluding hydrogens is 191 g/mol. The third kappa shape index (κ3) is 2.52. The smallest absolute Gasteiger partial charge is 0.186 e. The maximum atomic E-state index is 13.2. The normalized spacial score (nSPS) is 12.5. The molecule has 0 aliphatic rings. The quantitative estimate of drug-likeness (QED) is 0.686. The summed E-state index contributed by atoms with van der Waals surface area (Å²) in [4.78, 5) is 10.9. The van der Waals surface area contributed by atoms with E-state index in [9.17, 15) is 9.18 Å². The molecule has 0 saturated heterocycles. The number of aryl methyl sites for hydroxylation is 1. The van der Waals surface area contributed by atoms with E-state index in [1.54, 1.807) is 24.3 Å². The standard InChI is InChI=1S/C10H10ClFO/c1-7-2-4-8(5-3-7)10(12)9(13)6-11/h2-5,10H,6H2,1H3. The summed E-state index contributed by atoms with van der Waals surface area (Å²) in [7, 11) is 0. The molecule has 0 bridgehead atoms. The number of carbonyl (C=O) groups excluding carboxylic acids is 1. The van der Waals surface area contributed by atoms with Crippen molar-refractivity contribution < 1.29 is 9.18 Å². The molecule has 13 heavy (non-hydrogen) atoms. The minimum atomic E-state index is -1.59. The Morgan fingerprint density at radius 1 is 1.46 bits per heavy atom. The molecule has 0 saturated carbocycles. The lowest BCUT2D eigenvalue weighted by Gasteiger charge is -2.05. The molecular formula is C10H10ClFO. The highest BCUT2D eigenvalue weighted by atomic mass is 35.5. The number of benzene rings is 1. The summed E-state index contributed by atoms with van der Waals surface area (Å²) in [5, 5.41) is 0. The van der Waals surface area contributed by atoms with Gasteiger partial charge in [-0.05, 0) is 12.5 Å². The molecule has 1 aromatic rings. The van der Waals surface area contributed by atoms with Crippen LogP contribution in [0.3, 0.4) is 0 Å². The van der Waals surface area contributed by atoms with Gasteiger partial charge in [0.1, 0.15) is 0 Å². The first kappa shape index (κ1) is 10.2. The molecule has 0 aliphatic carbocycles. The first-order valence-corrected chi connectivity index (χ1v) is 4.48. The predicted octanol–water partition coefficient (Wildman–Crippen LogP) is 2.81. The highest BCUT2D eigenvalue weighted by molar-refractivity contribution is 6.28. The summed E-state index contributed by atoms with van der Waals surface area (Å²) < 4.78 is 13.2. The summed E-state index contributed by atoms with van der Waals surface area (Å²) >= 11 is 5.24. The molecule has 70 valence electrons. The summed E-state index contributed by atoms with van der Waals surface area (Å²) in [5.74, 6) is -0.875. The zero-order valence-electron chi connectivity index (χ0n) is 7.26. The largest absolute Gasteiger partial charge is 0.295 e. The summed E-state index contributed by atoms with van der Waals surface area (Å²) in [6, 6.07) is 6.74. The number of alkyl halides is 2. The van der Waals surface area contributed by atoms with Gasteiger partial charge in [0.25, 0.3) is 0 Å². The Kier molecular flexibility index (Phi) is 3.43. The lowest BCUT2D eigenvalue weighted by molar-refractivity contribution is -0.121. The number of carbonyl (C=O) groups is 1. The fourth-order valence-electron chi connectivity index (χ4n) is 0.989. The summed E-state index contributed by atoms with van der Waals surface area (Å²) in [6.45, 7) is 1.90. The van der Waals surface area contributed by atoms with E-state index in [2.05, 4.69) is 0 Å². The number of halogens is 2. The van der Waals surface area contributed by atoms with Crippen LogP contribution in [0.15, 0.2) is 24.3 Å². The van der Waals surface area contributed by atoms with Crippen LogP contribution >= 0.6 is 11.6 Å². The van der Waals surface area contributed by atoms with E-state index in [1.165, 1.54) is 0 Å². The molecule has 0 aromatic heterocycles. The topological polar surface area (TPSA) is 17.1 Å². The predicted molar refractivity (Wildman–Crippen MR) is 50.8 cm³/mol. The molecule has 0 spiro atoms. The van der Waals surface area contributed by atoms with Gasteiger partial charge in [-0.15, -0.1) is 11.6 Å². The highest BCUT2D eigenvalue weighted by Gasteiger charge is 2.17. The first-order valence-electron chi connectivity index (χ1n) is 3.94. The molecule has 0 radical (unpaired) electrons. The Hall–Kier alpha value is -0.890. The third-order valence-electron chi connectivity index (χ3n) is 1.78. The first-order chi connectivity index (χ1) is 6.15. The molecule has 3 heteroatoms. The van der Waals surface area contributed by atoms with Crippen molar-refractivity contribution in [1.29, 1.82) is 0 Å². The van der Waals surface area contributed by atoms with Gasteiger partial charge in [-0.25, -0.2) is 4.39 Å². The number of hydrogen-bond donors (Lipinski definition) is 0. The third-order valence-corrected chi connectivity index (χ3v) is 2.05. The van der Waals surface area contributed by atoms with Crippen molar-refractivity contribution in [2.24, 2.45) is 0 Å². The van der Waals surface area contributed by atoms with Crippen molar-refractivity contribution in [3.8, 4) is 0 Å². The Labute approximate surface area is 81.5 Å². The lowest BCUT2D eigenvalue weighted by atomic mass is 10.1. The fraction of sp³-hybridized carbons (Fsp3) is 0.300. The van der Waals surface area contributed by atoms with Gasteiger partial charge in [-0.2, -0.15) is 0 Å². The van der Waals surface area contributed by atoms with E-state index in [-0.39, 0.29) is 5.88 Å². The Bertz CT molecular complexity index is 294. The van der Waals surface area contributed by atoms with Gasteiger partial charge in [0, 0.05) is 0 Å². The van der Waals surface area contributed by atoms with Crippen molar-refractivity contribution in [2.75, 3.05) is 5.88 Å². The van der Waals surface area contributed by atoms with Crippen LogP contribution in [0.25, 0.3) is 0 Å². The van der Waals surface area contributed by atoms with Gasteiger partial charge in [0.15, 0.2) is 12.0 Å². The molecule has 0 N–H and O–H groups in total. The van der Waals surface area contributed by atoms with Gasteiger partial charge in [-0.1, -0.05) is 29.8 Å². The molecule has 1 atom stereocenters. The maximum Gasteiger partial charge on any atom is 0.186 e. The second kappa shape index (κ2) is 4.38. The molecule has 0 amide bonds. The van der Waals surface area contributed by atoms with E-state index < -0.39 is 12.0 Å². The second-order valence-electron chi connectivity index (χ2n) is 2.87. The van der Waals surface area contributed by atoms with E-state index in [0.717, 1.165) is 5.56 Å². The molecule has 0 aliphatic heterocycles. The molecule has 1 rings (SSSR count). The van der Waals surface area contributed by atoms with Crippen molar-refractivity contribution in [3.05, 3.63) is 35.4 Å². The van der Waals surface area contributed by atoms with Crippen LogP contribution in [0, 0.1) is 6.92 Å². The van der Waals surface area contributed by atoms with Crippen molar-refractivity contribution >= 4 is 17.4 Å². The average Bonchev–Trinajstić information content (AvgIpc) is 2.17. The van der Waals surface area contributed by atoms with Crippen molar-refractivity contribution in [1.82, 2.24) is 0 Å². The molecule has 0 fully saturated rings. The Morgan fingerprint density at radius 2 is 2.00 bits per heavy atom. The summed E-state index contributed by atoms with van der Waals surface area (Å²) in [6.07, 6.45) is -1.59. The highest BCUT2D eigenvalue weighted by Crippen LogP contribution is 2.19. The van der Waals surface area contributed by atoms with Crippen LogP contribution in [0.2, 0.25) is 0 Å². The SMILES string of the molecule is Cc1ccc(C(F)C(=O)CCl)cc1. The van der Waals surface area contributed by atoms with Crippen molar-refractivity contribution in [2.45, 2.75) is 13.1 Å². The van der Waals surface area contributed by atoms with Gasteiger partial charge in [-0.3, -0.25) is 4.79 Å². The van der Waals surface area contributed by atoms with Gasteiger partial charge < -0.3 is 0 Å². The van der Waals surface area contributed by atoms with Gasteiger partial charge >= 0.3 is 0 Å². The van der Waals surface area contributed by atoms with Gasteiger partial charge in [0.2, 0.25) is 0 Å². The fourth-order valence-corrected chi connectivity index (χ4v) is 1.12. The van der Waals surface area contributed by atoms with E-state index in [4.69, 9.17) is 11.6 Å². The minimum Gasteiger partial charge on any atom is -0.295 e. The van der Waals surface area contributed by atoms with Crippen LogP contribution in [-0.4, -0.2) is 11.7 Å². The minimum absolute atomic E-state index is 0.283. The Balaban J connectivity index is 2.83. The van der Waals surface area contributed by atoms with Crippen molar-refractivity contribution in [3.63, 3.8) is 0 Å². The molecule has 1 aromatic carbocycles. The van der Waals surface area contributed by atoms with Crippen LogP contribution in [0.4, 0.5) is 4.39 Å². The molecule has 1 unspecified atom stereocenters. The second-order valence-corrected chi connectivity index (χ2v) is 3.14. The number of Topliss-reactive ketones (excluding diaryl/α,β-unsaturated/α-hetero) is 1. The average molecular weight is 201 g/mol. The van der Waals surface area contributed by atoms with Crippen LogP contribution in [0.1, 0.15) is 17.3 Å². The number of hydrogen-bond acceptors (Lipinski definition) is 1. The van der Waals surface area contributed by atoms with Crippen LogP contribution in [0.5, 0.6) is 0 Å².